The number of halogens is 1. The Morgan fingerprint density at radius 3 is 3.00 bits per heavy atom. The van der Waals surface area contributed by atoms with E-state index in [1.807, 2.05) is 0 Å². The van der Waals surface area contributed by atoms with E-state index < -0.39 is 5.82 Å². The first-order valence-electron chi connectivity index (χ1n) is 3.55. The average molecular weight is 165 g/mol. The van der Waals surface area contributed by atoms with Crippen LogP contribution in [0.1, 0.15) is 0 Å². The number of nitrogen functional groups attached to an aromatic ring is 1. The van der Waals surface area contributed by atoms with E-state index in [0.717, 1.165) is 10.9 Å². The van der Waals surface area contributed by atoms with Crippen LogP contribution in [0, 0.1) is 5.82 Å². The van der Waals surface area contributed by atoms with Crippen LogP contribution in [0.25, 0.3) is 10.9 Å². The minimum atomic E-state index is -0.393. The number of hydrogen-bond acceptors (Lipinski definition) is 2. The Balaban J connectivity index is 2.87. The third-order valence-electron chi connectivity index (χ3n) is 1.86. The van der Waals surface area contributed by atoms with E-state index in [4.69, 9.17) is 5.73 Å². The first-order valence-corrected chi connectivity index (χ1v) is 3.55. The molecule has 4 heteroatoms. The molecule has 0 radical (unpaired) electrons. The maximum absolute atomic E-state index is 12.9. The number of aromatic nitrogens is 2. The van der Waals surface area contributed by atoms with Crippen molar-refractivity contribution in [1.29, 1.82) is 0 Å². The summed E-state index contributed by atoms with van der Waals surface area (Å²) in [5, 5.41) is 4.74. The molecule has 2 rings (SSSR count). The predicted molar refractivity (Wildman–Crippen MR) is 45.1 cm³/mol. The minimum Gasteiger partial charge on any atom is -0.396 e. The Hall–Kier alpha value is -1.58. The molecule has 0 saturated carbocycles. The summed E-state index contributed by atoms with van der Waals surface area (Å²) in [6, 6.07) is 2.97. The smallest absolute Gasteiger partial charge is 0.146 e. The van der Waals surface area contributed by atoms with Gasteiger partial charge in [-0.3, -0.25) is 4.68 Å². The zero-order valence-electron chi connectivity index (χ0n) is 6.58. The lowest BCUT2D eigenvalue weighted by Crippen LogP contribution is -1.93. The molecule has 0 saturated heterocycles. The van der Waals surface area contributed by atoms with Gasteiger partial charge in [0.25, 0.3) is 0 Å². The highest BCUT2D eigenvalue weighted by Crippen LogP contribution is 2.19. The number of hydrogen-bond donors (Lipinski definition) is 1. The summed E-state index contributed by atoms with van der Waals surface area (Å²) in [5.74, 6) is -0.393. The number of aryl methyl sites for hydroxylation is 1. The van der Waals surface area contributed by atoms with Gasteiger partial charge in [0, 0.05) is 12.4 Å². The van der Waals surface area contributed by atoms with Gasteiger partial charge in [-0.05, 0) is 12.1 Å². The lowest BCUT2D eigenvalue weighted by atomic mass is 10.2. The van der Waals surface area contributed by atoms with Gasteiger partial charge in [0.1, 0.15) is 5.82 Å². The molecule has 0 aliphatic heterocycles. The molecule has 0 aliphatic carbocycles. The van der Waals surface area contributed by atoms with Crippen molar-refractivity contribution in [3.05, 3.63) is 24.1 Å². The van der Waals surface area contributed by atoms with Gasteiger partial charge in [-0.25, -0.2) is 4.39 Å². The summed E-state index contributed by atoms with van der Waals surface area (Å²) in [7, 11) is 1.79. The number of nitrogens with two attached hydrogens (primary N) is 1. The molecular formula is C8H8FN3. The fourth-order valence-corrected chi connectivity index (χ4v) is 1.19. The molecule has 2 N–H and O–H groups in total. The first kappa shape index (κ1) is 7.09. The standard InChI is InChI=1S/C8H8FN3/c1-12-8-3-7(10)6(9)2-5(8)4-11-12/h2-4H,10H2,1H3. The Kier molecular flexibility index (Phi) is 1.30. The van der Waals surface area contributed by atoms with Crippen molar-refractivity contribution in [3.63, 3.8) is 0 Å². The molecule has 62 valence electrons. The van der Waals surface area contributed by atoms with Gasteiger partial charge in [-0.15, -0.1) is 0 Å². The summed E-state index contributed by atoms with van der Waals surface area (Å²) in [5.41, 5.74) is 6.40. The number of fused-ring (bicyclic) bond motifs is 1. The zero-order chi connectivity index (χ0) is 8.72. The van der Waals surface area contributed by atoms with Gasteiger partial charge < -0.3 is 5.73 Å². The van der Waals surface area contributed by atoms with Crippen LogP contribution in [0.4, 0.5) is 10.1 Å². The molecule has 0 atom stereocenters. The van der Waals surface area contributed by atoms with Crippen LogP contribution in [0.3, 0.4) is 0 Å². The second-order valence-electron chi connectivity index (χ2n) is 2.70. The van der Waals surface area contributed by atoms with Gasteiger partial charge in [0.15, 0.2) is 0 Å². The van der Waals surface area contributed by atoms with Crippen molar-refractivity contribution in [1.82, 2.24) is 9.78 Å². The van der Waals surface area contributed by atoms with E-state index in [1.165, 1.54) is 6.07 Å². The van der Waals surface area contributed by atoms with Crippen molar-refractivity contribution < 1.29 is 4.39 Å². The Bertz CT molecular complexity index is 433. The lowest BCUT2D eigenvalue weighted by molar-refractivity contribution is 0.634. The maximum atomic E-state index is 12.9. The van der Waals surface area contributed by atoms with Crippen LogP contribution in [0.5, 0.6) is 0 Å². The van der Waals surface area contributed by atoms with E-state index in [2.05, 4.69) is 5.10 Å². The minimum absolute atomic E-state index is 0.158. The van der Waals surface area contributed by atoms with Gasteiger partial charge in [-0.1, -0.05) is 0 Å². The van der Waals surface area contributed by atoms with Crippen molar-refractivity contribution >= 4 is 16.6 Å². The van der Waals surface area contributed by atoms with E-state index in [9.17, 15) is 4.39 Å². The van der Waals surface area contributed by atoms with Gasteiger partial charge in [0.2, 0.25) is 0 Å². The van der Waals surface area contributed by atoms with E-state index in [1.54, 1.807) is 24.0 Å². The van der Waals surface area contributed by atoms with Gasteiger partial charge in [0.05, 0.1) is 17.4 Å². The van der Waals surface area contributed by atoms with Crippen LogP contribution in [-0.4, -0.2) is 9.78 Å². The third kappa shape index (κ3) is 0.845. The molecule has 0 aliphatic rings. The number of rotatable bonds is 0. The van der Waals surface area contributed by atoms with Gasteiger partial charge >= 0.3 is 0 Å². The molecule has 0 bridgehead atoms. The number of anilines is 1. The lowest BCUT2D eigenvalue weighted by Gasteiger charge is -1.97. The summed E-state index contributed by atoms with van der Waals surface area (Å²) < 4.78 is 14.6. The molecule has 12 heavy (non-hydrogen) atoms. The second-order valence-corrected chi connectivity index (χ2v) is 2.70. The summed E-state index contributed by atoms with van der Waals surface area (Å²) in [4.78, 5) is 0. The molecule has 0 fully saturated rings. The SMILES string of the molecule is Cn1ncc2cc(F)c(N)cc21. The number of benzene rings is 1. The third-order valence-corrected chi connectivity index (χ3v) is 1.86. The zero-order valence-corrected chi connectivity index (χ0v) is 6.58. The Labute approximate surface area is 68.6 Å². The van der Waals surface area contributed by atoms with Crippen LogP contribution in [-0.2, 0) is 7.05 Å². The fourth-order valence-electron chi connectivity index (χ4n) is 1.19. The average Bonchev–Trinajstić information content (AvgIpc) is 2.35. The highest BCUT2D eigenvalue weighted by Gasteiger charge is 2.03. The summed E-state index contributed by atoms with van der Waals surface area (Å²) in [6.07, 6.45) is 1.61. The Morgan fingerprint density at radius 2 is 2.25 bits per heavy atom. The van der Waals surface area contributed by atoms with Crippen LogP contribution in [0.15, 0.2) is 18.3 Å². The van der Waals surface area contributed by atoms with Crippen molar-refractivity contribution in [2.75, 3.05) is 5.73 Å². The largest absolute Gasteiger partial charge is 0.396 e. The molecule has 2 aromatic rings. The topological polar surface area (TPSA) is 43.8 Å². The molecule has 3 nitrogen and oxygen atoms in total. The quantitative estimate of drug-likeness (QED) is 0.598. The fraction of sp³-hybridized carbons (Fsp3) is 0.125. The van der Waals surface area contributed by atoms with Crippen LogP contribution >= 0.6 is 0 Å². The van der Waals surface area contributed by atoms with Crippen molar-refractivity contribution in [2.45, 2.75) is 0 Å². The molecule has 0 spiro atoms. The van der Waals surface area contributed by atoms with Crippen molar-refractivity contribution in [2.24, 2.45) is 7.05 Å². The maximum Gasteiger partial charge on any atom is 0.146 e. The molecule has 0 amide bonds. The summed E-state index contributed by atoms with van der Waals surface area (Å²) in [6.45, 7) is 0. The van der Waals surface area contributed by atoms with Gasteiger partial charge in [-0.2, -0.15) is 5.10 Å². The first-order chi connectivity index (χ1) is 5.68. The van der Waals surface area contributed by atoms with E-state index in [0.29, 0.717) is 0 Å². The molecule has 1 heterocycles. The van der Waals surface area contributed by atoms with Crippen molar-refractivity contribution in [3.8, 4) is 0 Å². The highest BCUT2D eigenvalue weighted by molar-refractivity contribution is 5.82. The number of nitrogens with zero attached hydrogens (tertiary/aromatic N) is 2. The summed E-state index contributed by atoms with van der Waals surface area (Å²) >= 11 is 0. The molecule has 1 aromatic heterocycles. The normalized spacial score (nSPS) is 10.8. The monoisotopic (exact) mass is 165 g/mol. The van der Waals surface area contributed by atoms with Crippen LogP contribution in [0.2, 0.25) is 0 Å². The highest BCUT2D eigenvalue weighted by atomic mass is 19.1. The van der Waals surface area contributed by atoms with Crippen LogP contribution < -0.4 is 5.73 Å². The van der Waals surface area contributed by atoms with E-state index >= 15 is 0 Å². The predicted octanol–water partition coefficient (Wildman–Crippen LogP) is 1.29. The molecule has 1 aromatic carbocycles. The van der Waals surface area contributed by atoms with E-state index in [-0.39, 0.29) is 5.69 Å². The molecule has 0 unspecified atom stereocenters. The molecular weight excluding hydrogens is 157 g/mol. The Morgan fingerprint density at radius 1 is 1.50 bits per heavy atom. The second kappa shape index (κ2) is 2.20.